The summed E-state index contributed by atoms with van der Waals surface area (Å²) >= 11 is 0. The first-order chi connectivity index (χ1) is 17.8. The fourth-order valence-corrected chi connectivity index (χ4v) is 4.40. The van der Waals surface area contributed by atoms with Crippen LogP contribution in [0, 0.1) is 5.82 Å². The number of allylic oxidation sites excluding steroid dienone is 3. The van der Waals surface area contributed by atoms with Crippen LogP contribution in [0.2, 0.25) is 0 Å². The number of carbonyl (C=O) groups excluding carboxylic acids is 1. The molecule has 1 aliphatic rings. The van der Waals surface area contributed by atoms with Crippen molar-refractivity contribution in [1.82, 2.24) is 4.57 Å². The van der Waals surface area contributed by atoms with Gasteiger partial charge in [0, 0.05) is 42.4 Å². The number of benzene rings is 2. The number of amides is 1. The van der Waals surface area contributed by atoms with Crippen molar-refractivity contribution >= 4 is 28.6 Å². The van der Waals surface area contributed by atoms with Crippen molar-refractivity contribution in [3.63, 3.8) is 0 Å². The van der Waals surface area contributed by atoms with E-state index >= 15 is 0 Å². The average Bonchev–Trinajstić information content (AvgIpc) is 3.22. The Labute approximate surface area is 221 Å². The third-order valence-corrected chi connectivity index (χ3v) is 6.65. The van der Waals surface area contributed by atoms with Gasteiger partial charge in [-0.25, -0.2) is 4.39 Å². The number of rotatable bonds is 9. The van der Waals surface area contributed by atoms with Crippen LogP contribution in [0.3, 0.4) is 0 Å². The van der Waals surface area contributed by atoms with E-state index in [1.165, 1.54) is 35.6 Å². The number of nitrogens with zero attached hydrogens (tertiary/aromatic N) is 1. The number of ether oxygens (including phenoxy) is 1. The summed E-state index contributed by atoms with van der Waals surface area (Å²) in [7, 11) is 1.70. The number of aryl methyl sites for hydroxylation is 1. The molecule has 0 atom stereocenters. The molecule has 0 saturated carbocycles. The number of hydrogen-bond acceptors (Lipinski definition) is 2. The zero-order chi connectivity index (χ0) is 26.8. The highest BCUT2D eigenvalue weighted by Crippen LogP contribution is 2.27. The van der Waals surface area contributed by atoms with E-state index in [0.29, 0.717) is 18.9 Å². The van der Waals surface area contributed by atoms with E-state index in [1.807, 2.05) is 12.1 Å². The van der Waals surface area contributed by atoms with Gasteiger partial charge in [-0.2, -0.15) is 0 Å². The first-order valence-electron chi connectivity index (χ1n) is 13.4. The predicted octanol–water partition coefficient (Wildman–Crippen LogP) is 8.27. The van der Waals surface area contributed by atoms with Crippen molar-refractivity contribution in [3.05, 3.63) is 82.8 Å². The Morgan fingerprint density at radius 2 is 1.97 bits per heavy atom. The molecule has 198 valence electrons. The summed E-state index contributed by atoms with van der Waals surface area (Å²) in [5, 5.41) is 3.84. The normalized spacial score (nSPS) is 13.6. The lowest BCUT2D eigenvalue weighted by atomic mass is 9.96. The number of halogens is 1. The number of hydrogen-bond donors (Lipinski definition) is 1. The van der Waals surface area contributed by atoms with E-state index in [-0.39, 0.29) is 11.7 Å². The largest absolute Gasteiger partial charge is 0.383 e. The van der Waals surface area contributed by atoms with Crippen LogP contribution < -0.4 is 5.32 Å². The lowest BCUT2D eigenvalue weighted by Crippen LogP contribution is -2.19. The lowest BCUT2D eigenvalue weighted by Gasteiger charge is -2.18. The molecule has 0 bridgehead atoms. The van der Waals surface area contributed by atoms with Gasteiger partial charge in [0.05, 0.1) is 6.61 Å². The second-order valence-electron chi connectivity index (χ2n) is 9.96. The third kappa shape index (κ3) is 8.16. The van der Waals surface area contributed by atoms with E-state index in [1.54, 1.807) is 13.2 Å². The maximum atomic E-state index is 13.5. The molecule has 1 N–H and O–H groups in total. The molecule has 5 heteroatoms. The molecule has 0 spiro atoms. The van der Waals surface area contributed by atoms with Gasteiger partial charge < -0.3 is 14.6 Å². The standard InChI is InChI=1S/C20H26FNO.C12H15NO/c1-4-5-6-7-16(2)8-10-19-15-17-14-18(21)9-11-20(17)22(19)12-13-23-3;1-8(2)10-4-3-9-5-6-12(14)13-11(9)7-10/h7-11,14-15H,4-6,12-13H2,1-3H3;3-4,7-8H,5-6H2,1-2H3,(H,13,14)/b10-8+,16-7-;. The van der Waals surface area contributed by atoms with E-state index < -0.39 is 0 Å². The van der Waals surface area contributed by atoms with E-state index in [0.717, 1.165) is 41.7 Å². The molecular weight excluding hydrogens is 463 g/mol. The van der Waals surface area contributed by atoms with Gasteiger partial charge in [-0.15, -0.1) is 0 Å². The van der Waals surface area contributed by atoms with Crippen LogP contribution in [0.15, 0.2) is 60.2 Å². The number of methoxy groups -OCH3 is 1. The number of anilines is 1. The number of aromatic nitrogens is 1. The first-order valence-corrected chi connectivity index (χ1v) is 13.4. The third-order valence-electron chi connectivity index (χ3n) is 6.65. The Hall–Kier alpha value is -3.18. The fourth-order valence-electron chi connectivity index (χ4n) is 4.40. The van der Waals surface area contributed by atoms with Gasteiger partial charge in [-0.3, -0.25) is 4.79 Å². The van der Waals surface area contributed by atoms with Gasteiger partial charge >= 0.3 is 0 Å². The van der Waals surface area contributed by atoms with Crippen LogP contribution in [0.5, 0.6) is 0 Å². The highest BCUT2D eigenvalue weighted by molar-refractivity contribution is 5.94. The molecule has 2 heterocycles. The molecule has 4 nitrogen and oxygen atoms in total. The average molecular weight is 505 g/mol. The second-order valence-corrected chi connectivity index (χ2v) is 9.96. The van der Waals surface area contributed by atoms with Crippen molar-refractivity contribution in [2.45, 2.75) is 72.3 Å². The zero-order valence-corrected chi connectivity index (χ0v) is 22.9. The van der Waals surface area contributed by atoms with E-state index in [4.69, 9.17) is 4.74 Å². The highest BCUT2D eigenvalue weighted by Gasteiger charge is 2.15. The van der Waals surface area contributed by atoms with Gasteiger partial charge in [-0.05, 0) is 73.2 Å². The Balaban J connectivity index is 0.000000231. The van der Waals surface area contributed by atoms with Crippen LogP contribution in [0.4, 0.5) is 10.1 Å². The molecule has 1 aromatic heterocycles. The predicted molar refractivity (Wildman–Crippen MR) is 154 cm³/mol. The second kappa shape index (κ2) is 13.9. The van der Waals surface area contributed by atoms with Crippen LogP contribution >= 0.6 is 0 Å². The Kier molecular flexibility index (Phi) is 10.7. The summed E-state index contributed by atoms with van der Waals surface area (Å²) in [6, 6.07) is 13.3. The van der Waals surface area contributed by atoms with Crippen LogP contribution in [-0.2, 0) is 22.5 Å². The molecule has 0 fully saturated rings. The molecule has 0 unspecified atom stereocenters. The summed E-state index contributed by atoms with van der Waals surface area (Å²) in [4.78, 5) is 11.2. The molecule has 4 rings (SSSR count). The maximum Gasteiger partial charge on any atom is 0.224 e. The van der Waals surface area contributed by atoms with Gasteiger partial charge in [0.15, 0.2) is 0 Å². The van der Waals surface area contributed by atoms with Crippen molar-refractivity contribution in [3.8, 4) is 0 Å². The van der Waals surface area contributed by atoms with Gasteiger partial charge in [0.25, 0.3) is 0 Å². The lowest BCUT2D eigenvalue weighted by molar-refractivity contribution is -0.116. The number of unbranched alkanes of at least 4 members (excludes halogenated alkanes) is 2. The quantitative estimate of drug-likeness (QED) is 0.235. The molecule has 1 aliphatic heterocycles. The Morgan fingerprint density at radius 3 is 2.70 bits per heavy atom. The van der Waals surface area contributed by atoms with Gasteiger partial charge in [0.1, 0.15) is 5.82 Å². The van der Waals surface area contributed by atoms with Crippen LogP contribution in [0.1, 0.15) is 76.1 Å². The molecule has 0 saturated heterocycles. The number of carbonyl (C=O) groups is 1. The monoisotopic (exact) mass is 504 g/mol. The minimum Gasteiger partial charge on any atom is -0.383 e. The van der Waals surface area contributed by atoms with Crippen molar-refractivity contribution < 1.29 is 13.9 Å². The number of nitrogens with one attached hydrogen (secondary N) is 1. The topological polar surface area (TPSA) is 43.3 Å². The summed E-state index contributed by atoms with van der Waals surface area (Å²) in [5.74, 6) is 0.449. The molecule has 0 aliphatic carbocycles. The zero-order valence-electron chi connectivity index (χ0n) is 22.9. The van der Waals surface area contributed by atoms with Gasteiger partial charge in [0.2, 0.25) is 5.91 Å². The van der Waals surface area contributed by atoms with Crippen molar-refractivity contribution in [2.24, 2.45) is 0 Å². The van der Waals surface area contributed by atoms with E-state index in [2.05, 4.69) is 74.0 Å². The molecule has 2 aromatic carbocycles. The smallest absolute Gasteiger partial charge is 0.224 e. The van der Waals surface area contributed by atoms with Crippen LogP contribution in [0.25, 0.3) is 17.0 Å². The highest BCUT2D eigenvalue weighted by atomic mass is 19.1. The Morgan fingerprint density at radius 1 is 1.16 bits per heavy atom. The minimum absolute atomic E-state index is 0.137. The molecule has 3 aromatic rings. The maximum absolute atomic E-state index is 13.5. The van der Waals surface area contributed by atoms with Crippen LogP contribution in [-0.4, -0.2) is 24.2 Å². The van der Waals surface area contributed by atoms with Crippen molar-refractivity contribution in [2.75, 3.05) is 19.0 Å². The summed E-state index contributed by atoms with van der Waals surface area (Å²) in [5.41, 5.74) is 6.92. The van der Waals surface area contributed by atoms with Crippen molar-refractivity contribution in [1.29, 1.82) is 0 Å². The Bertz CT molecular complexity index is 1250. The summed E-state index contributed by atoms with van der Waals surface area (Å²) in [6.07, 6.45) is 11.5. The molecule has 0 radical (unpaired) electrons. The fraction of sp³-hybridized carbons (Fsp3) is 0.406. The SMILES string of the molecule is CC(C)c1ccc2c(c1)NC(=O)CC2.CCCC/C=C(C)\C=C\c1cc2cc(F)ccc2n1CCOC. The number of fused-ring (bicyclic) bond motifs is 2. The van der Waals surface area contributed by atoms with Gasteiger partial charge in [-0.1, -0.05) is 63.5 Å². The summed E-state index contributed by atoms with van der Waals surface area (Å²) in [6.45, 7) is 10.0. The van der Waals surface area contributed by atoms with E-state index in [9.17, 15) is 9.18 Å². The molecule has 1 amide bonds. The first kappa shape index (κ1) is 28.4. The molecule has 37 heavy (non-hydrogen) atoms. The molecular formula is C32H41FN2O2. The summed E-state index contributed by atoms with van der Waals surface area (Å²) < 4.78 is 20.8. The minimum atomic E-state index is -0.201.